The standard InChI is InChI=1S/C25H24F2N4O6S/c1-5-8-31-22(14(2)37-20-7-6-17(26)12-19(20)27)29-30-25(31)38-13-21(32)28-18-10-15(23(33)35-3)9-16(11-18)24(34)36-4/h5-7,9-12,14H,1,8,13H2,2-4H3,(H,28,32). The van der Waals surface area contributed by atoms with Crippen LogP contribution in [0.1, 0.15) is 39.6 Å². The Hall–Kier alpha value is -4.26. The molecule has 200 valence electrons. The lowest BCUT2D eigenvalue weighted by molar-refractivity contribution is -0.113. The molecular formula is C25H24F2N4O6S. The molecule has 13 heteroatoms. The molecule has 0 aliphatic heterocycles. The van der Waals surface area contributed by atoms with E-state index in [4.69, 9.17) is 14.2 Å². The van der Waals surface area contributed by atoms with Crippen LogP contribution < -0.4 is 10.1 Å². The summed E-state index contributed by atoms with van der Waals surface area (Å²) in [6, 6.07) is 7.00. The fourth-order valence-electron chi connectivity index (χ4n) is 3.32. The number of ether oxygens (including phenoxy) is 3. The second-order valence-corrected chi connectivity index (χ2v) is 8.64. The van der Waals surface area contributed by atoms with E-state index < -0.39 is 35.6 Å². The van der Waals surface area contributed by atoms with E-state index in [1.165, 1.54) is 38.5 Å². The molecule has 0 spiro atoms. The number of benzene rings is 2. The smallest absolute Gasteiger partial charge is 0.337 e. The van der Waals surface area contributed by atoms with Gasteiger partial charge in [-0.1, -0.05) is 17.8 Å². The third-order valence-electron chi connectivity index (χ3n) is 5.01. The summed E-state index contributed by atoms with van der Waals surface area (Å²) in [7, 11) is 2.38. The van der Waals surface area contributed by atoms with Crippen LogP contribution in [0, 0.1) is 11.6 Å². The van der Waals surface area contributed by atoms with Gasteiger partial charge in [0.25, 0.3) is 0 Å². The predicted octanol–water partition coefficient (Wildman–Crippen LogP) is 4.19. The van der Waals surface area contributed by atoms with Crippen molar-refractivity contribution in [3.8, 4) is 5.75 Å². The van der Waals surface area contributed by atoms with Crippen molar-refractivity contribution in [2.45, 2.75) is 24.7 Å². The van der Waals surface area contributed by atoms with Crippen LogP contribution in [0.4, 0.5) is 14.5 Å². The van der Waals surface area contributed by atoms with Gasteiger partial charge >= 0.3 is 11.9 Å². The number of carbonyl (C=O) groups is 3. The number of aromatic nitrogens is 3. The molecule has 0 saturated heterocycles. The molecule has 0 bridgehead atoms. The van der Waals surface area contributed by atoms with E-state index in [-0.39, 0.29) is 34.9 Å². The van der Waals surface area contributed by atoms with Gasteiger partial charge in [0.15, 0.2) is 28.7 Å². The molecule has 1 N–H and O–H groups in total. The zero-order valence-corrected chi connectivity index (χ0v) is 21.5. The van der Waals surface area contributed by atoms with E-state index >= 15 is 0 Å². The molecule has 3 rings (SSSR count). The number of allylic oxidation sites excluding steroid dienone is 1. The minimum atomic E-state index is -0.857. The molecule has 1 aromatic heterocycles. The summed E-state index contributed by atoms with van der Waals surface area (Å²) in [6.45, 7) is 5.61. The zero-order valence-electron chi connectivity index (χ0n) is 20.7. The highest BCUT2D eigenvalue weighted by Gasteiger charge is 2.21. The Labute approximate surface area is 221 Å². The summed E-state index contributed by atoms with van der Waals surface area (Å²) in [4.78, 5) is 36.6. The number of anilines is 1. The lowest BCUT2D eigenvalue weighted by atomic mass is 10.1. The first-order valence-corrected chi connectivity index (χ1v) is 12.1. The Morgan fingerprint density at radius 2 is 1.74 bits per heavy atom. The number of hydrogen-bond acceptors (Lipinski definition) is 9. The highest BCUT2D eigenvalue weighted by molar-refractivity contribution is 7.99. The SMILES string of the molecule is C=CCn1c(SCC(=O)Nc2cc(C(=O)OC)cc(C(=O)OC)c2)nnc1C(C)Oc1ccc(F)cc1F. The lowest BCUT2D eigenvalue weighted by Gasteiger charge is -2.16. The van der Waals surface area contributed by atoms with Crippen LogP contribution in [-0.4, -0.2) is 52.6 Å². The average Bonchev–Trinajstić information content (AvgIpc) is 3.30. The molecule has 1 heterocycles. The monoisotopic (exact) mass is 546 g/mol. The number of hydrogen-bond donors (Lipinski definition) is 1. The van der Waals surface area contributed by atoms with Crippen LogP contribution >= 0.6 is 11.8 Å². The van der Waals surface area contributed by atoms with Crippen LogP contribution in [-0.2, 0) is 20.8 Å². The molecule has 1 amide bonds. The van der Waals surface area contributed by atoms with Gasteiger partial charge in [-0.25, -0.2) is 18.4 Å². The number of amides is 1. The molecule has 0 aliphatic rings. The predicted molar refractivity (Wildman–Crippen MR) is 134 cm³/mol. The van der Waals surface area contributed by atoms with Gasteiger partial charge in [0.1, 0.15) is 5.82 Å². The molecule has 38 heavy (non-hydrogen) atoms. The minimum absolute atomic E-state index is 0.0558. The van der Waals surface area contributed by atoms with Crippen molar-refractivity contribution in [3.63, 3.8) is 0 Å². The quantitative estimate of drug-likeness (QED) is 0.214. The number of rotatable bonds is 11. The number of carbonyl (C=O) groups excluding carboxylic acids is 3. The minimum Gasteiger partial charge on any atom is -0.480 e. The number of nitrogens with zero attached hydrogens (tertiary/aromatic N) is 3. The van der Waals surface area contributed by atoms with Gasteiger partial charge in [-0.3, -0.25) is 9.36 Å². The molecule has 0 saturated carbocycles. The summed E-state index contributed by atoms with van der Waals surface area (Å²) in [5.41, 5.74) is 0.302. The fraction of sp³-hybridized carbons (Fsp3) is 0.240. The maximum atomic E-state index is 14.0. The number of halogens is 2. The summed E-state index contributed by atoms with van der Waals surface area (Å²) in [6.07, 6.45) is 0.831. The summed E-state index contributed by atoms with van der Waals surface area (Å²) >= 11 is 1.06. The van der Waals surface area contributed by atoms with E-state index in [0.717, 1.165) is 17.8 Å². The van der Waals surface area contributed by atoms with Crippen LogP contribution in [0.25, 0.3) is 0 Å². The molecule has 1 atom stereocenters. The molecular weight excluding hydrogens is 522 g/mol. The molecule has 0 aliphatic carbocycles. The van der Waals surface area contributed by atoms with Gasteiger partial charge in [-0.2, -0.15) is 0 Å². The lowest BCUT2D eigenvalue weighted by Crippen LogP contribution is -2.17. The van der Waals surface area contributed by atoms with Crippen LogP contribution in [0.2, 0.25) is 0 Å². The summed E-state index contributed by atoms with van der Waals surface area (Å²) < 4.78 is 43.9. The van der Waals surface area contributed by atoms with Gasteiger partial charge in [0.05, 0.1) is 31.1 Å². The first-order valence-electron chi connectivity index (χ1n) is 11.1. The van der Waals surface area contributed by atoms with Crippen LogP contribution in [0.15, 0.2) is 54.2 Å². The van der Waals surface area contributed by atoms with E-state index in [1.807, 2.05) is 0 Å². The Morgan fingerprint density at radius 1 is 1.08 bits per heavy atom. The molecule has 1 unspecified atom stereocenters. The fourth-order valence-corrected chi connectivity index (χ4v) is 4.08. The van der Waals surface area contributed by atoms with E-state index in [2.05, 4.69) is 22.1 Å². The highest BCUT2D eigenvalue weighted by Crippen LogP contribution is 2.27. The van der Waals surface area contributed by atoms with Crippen molar-refractivity contribution in [1.29, 1.82) is 0 Å². The maximum absolute atomic E-state index is 14.0. The van der Waals surface area contributed by atoms with Gasteiger partial charge in [0, 0.05) is 18.3 Å². The Balaban J connectivity index is 1.73. The average molecular weight is 547 g/mol. The van der Waals surface area contributed by atoms with Crippen molar-refractivity contribution in [1.82, 2.24) is 14.8 Å². The highest BCUT2D eigenvalue weighted by atomic mass is 32.2. The first-order chi connectivity index (χ1) is 18.2. The first kappa shape index (κ1) is 28.3. The van der Waals surface area contributed by atoms with Crippen LogP contribution in [0.3, 0.4) is 0 Å². The number of thioether (sulfide) groups is 1. The van der Waals surface area contributed by atoms with Gasteiger partial charge in [0.2, 0.25) is 5.91 Å². The van der Waals surface area contributed by atoms with E-state index in [1.54, 1.807) is 17.6 Å². The van der Waals surface area contributed by atoms with Crippen LogP contribution in [0.5, 0.6) is 5.75 Å². The van der Waals surface area contributed by atoms with Gasteiger partial charge in [-0.05, 0) is 37.3 Å². The molecule has 3 aromatic rings. The topological polar surface area (TPSA) is 122 Å². The maximum Gasteiger partial charge on any atom is 0.337 e. The third-order valence-corrected chi connectivity index (χ3v) is 5.98. The van der Waals surface area contributed by atoms with Crippen molar-refractivity contribution in [2.75, 3.05) is 25.3 Å². The second-order valence-electron chi connectivity index (χ2n) is 7.69. The third kappa shape index (κ3) is 6.94. The molecule has 0 fully saturated rings. The van der Waals surface area contributed by atoms with Gasteiger partial charge < -0.3 is 19.5 Å². The van der Waals surface area contributed by atoms with Crippen molar-refractivity contribution >= 4 is 35.3 Å². The zero-order chi connectivity index (χ0) is 27.8. The van der Waals surface area contributed by atoms with Crippen molar-refractivity contribution in [3.05, 3.63) is 77.6 Å². The summed E-state index contributed by atoms with van der Waals surface area (Å²) in [5, 5.41) is 11.2. The Bertz CT molecular complexity index is 1330. The van der Waals surface area contributed by atoms with Crippen molar-refractivity contribution < 1.29 is 37.4 Å². The number of nitrogens with one attached hydrogen (secondary N) is 1. The van der Waals surface area contributed by atoms with E-state index in [9.17, 15) is 23.2 Å². The molecule has 2 aromatic carbocycles. The largest absolute Gasteiger partial charge is 0.480 e. The second kappa shape index (κ2) is 12.8. The Morgan fingerprint density at radius 3 is 2.32 bits per heavy atom. The number of esters is 2. The summed E-state index contributed by atoms with van der Waals surface area (Å²) in [5.74, 6) is -3.35. The van der Waals surface area contributed by atoms with Gasteiger partial charge in [-0.15, -0.1) is 16.8 Å². The number of methoxy groups -OCH3 is 2. The Kier molecular flexibility index (Phi) is 9.55. The molecule has 10 nitrogen and oxygen atoms in total. The van der Waals surface area contributed by atoms with E-state index in [0.29, 0.717) is 17.0 Å². The molecule has 0 radical (unpaired) electrons. The van der Waals surface area contributed by atoms with Crippen molar-refractivity contribution in [2.24, 2.45) is 0 Å². The normalized spacial score (nSPS) is 11.4.